The maximum Gasteiger partial charge on any atom is 0.209 e. The van der Waals surface area contributed by atoms with Gasteiger partial charge in [0.25, 0.3) is 0 Å². The summed E-state index contributed by atoms with van der Waals surface area (Å²) in [7, 11) is 0. The molecule has 106 valence electrons. The maximum absolute atomic E-state index is 11.4. The third-order valence-electron chi connectivity index (χ3n) is 5.98. The average molecular weight is 290 g/mol. The molecule has 2 fully saturated rings. The van der Waals surface area contributed by atoms with E-state index in [0.29, 0.717) is 17.4 Å². The third kappa shape index (κ3) is 1.60. The predicted octanol–water partition coefficient (Wildman–Crippen LogP) is 3.55. The molecule has 0 aromatic heterocycles. The fourth-order valence-electron chi connectivity index (χ4n) is 5.14. The highest BCUT2D eigenvalue weighted by atomic mass is 35.5. The lowest BCUT2D eigenvalue weighted by molar-refractivity contribution is -0.126. The standard InChI is InChI=1S/C17H20ClNO/c18-13-5-4-12-9-16-14-3-1-2-6-17(14,15(12)10-13)7-8-19(16)11-20/h4-5,10-11,14,16H,1-3,6-9H2/t14-,16+,17+/m0/s1. The molecule has 0 spiro atoms. The summed E-state index contributed by atoms with van der Waals surface area (Å²) in [6.07, 6.45) is 8.36. The van der Waals surface area contributed by atoms with Crippen molar-refractivity contribution in [3.05, 3.63) is 34.3 Å². The third-order valence-corrected chi connectivity index (χ3v) is 6.21. The Morgan fingerprint density at radius 2 is 2.20 bits per heavy atom. The number of hydrogen-bond acceptors (Lipinski definition) is 1. The molecule has 3 atom stereocenters. The van der Waals surface area contributed by atoms with Crippen LogP contribution in [-0.4, -0.2) is 23.9 Å². The van der Waals surface area contributed by atoms with Crippen LogP contribution in [0.1, 0.15) is 43.2 Å². The Morgan fingerprint density at radius 3 is 3.05 bits per heavy atom. The van der Waals surface area contributed by atoms with Gasteiger partial charge in [-0.2, -0.15) is 0 Å². The molecule has 0 N–H and O–H groups in total. The fraction of sp³-hybridized carbons (Fsp3) is 0.588. The number of halogens is 1. The van der Waals surface area contributed by atoms with Gasteiger partial charge < -0.3 is 4.90 Å². The van der Waals surface area contributed by atoms with Gasteiger partial charge in [0.05, 0.1) is 0 Å². The quantitative estimate of drug-likeness (QED) is 0.724. The largest absolute Gasteiger partial charge is 0.342 e. The van der Waals surface area contributed by atoms with Crippen LogP contribution < -0.4 is 0 Å². The molecule has 1 saturated carbocycles. The number of nitrogens with zero attached hydrogens (tertiary/aromatic N) is 1. The van der Waals surface area contributed by atoms with Crippen molar-refractivity contribution < 1.29 is 4.79 Å². The molecular weight excluding hydrogens is 270 g/mol. The first-order chi connectivity index (χ1) is 9.74. The Labute approximate surface area is 125 Å². The highest BCUT2D eigenvalue weighted by Gasteiger charge is 2.53. The molecule has 2 bridgehead atoms. The number of amides is 1. The van der Waals surface area contributed by atoms with Crippen LogP contribution >= 0.6 is 11.6 Å². The van der Waals surface area contributed by atoms with E-state index in [-0.39, 0.29) is 0 Å². The van der Waals surface area contributed by atoms with Gasteiger partial charge >= 0.3 is 0 Å². The monoisotopic (exact) mass is 289 g/mol. The molecule has 1 amide bonds. The molecular formula is C17H20ClNO. The van der Waals surface area contributed by atoms with Crippen LogP contribution in [-0.2, 0) is 16.6 Å². The van der Waals surface area contributed by atoms with Gasteiger partial charge in [-0.1, -0.05) is 30.5 Å². The van der Waals surface area contributed by atoms with Crippen molar-refractivity contribution >= 4 is 18.0 Å². The van der Waals surface area contributed by atoms with E-state index in [1.165, 1.54) is 36.8 Å². The first kappa shape index (κ1) is 12.7. The maximum atomic E-state index is 11.4. The molecule has 0 unspecified atom stereocenters. The van der Waals surface area contributed by atoms with Gasteiger partial charge in [-0.15, -0.1) is 0 Å². The minimum Gasteiger partial charge on any atom is -0.342 e. The van der Waals surface area contributed by atoms with E-state index in [0.717, 1.165) is 30.8 Å². The van der Waals surface area contributed by atoms with E-state index >= 15 is 0 Å². The zero-order chi connectivity index (χ0) is 13.7. The summed E-state index contributed by atoms with van der Waals surface area (Å²) in [6.45, 7) is 0.913. The molecule has 4 rings (SSSR count). The molecule has 2 aliphatic carbocycles. The Morgan fingerprint density at radius 1 is 1.30 bits per heavy atom. The first-order valence-corrected chi connectivity index (χ1v) is 8.12. The summed E-state index contributed by atoms with van der Waals surface area (Å²) in [4.78, 5) is 13.5. The zero-order valence-corrected chi connectivity index (χ0v) is 12.4. The Bertz CT molecular complexity index is 558. The van der Waals surface area contributed by atoms with Crippen LogP contribution in [0.3, 0.4) is 0 Å². The second-order valence-corrected chi connectivity index (χ2v) is 7.11. The van der Waals surface area contributed by atoms with Crippen LogP contribution in [0.15, 0.2) is 18.2 Å². The van der Waals surface area contributed by atoms with Crippen LogP contribution in [0.25, 0.3) is 0 Å². The van der Waals surface area contributed by atoms with E-state index in [9.17, 15) is 4.79 Å². The Kier molecular flexibility index (Phi) is 2.85. The second-order valence-electron chi connectivity index (χ2n) is 6.67. The van der Waals surface area contributed by atoms with E-state index in [2.05, 4.69) is 17.0 Å². The highest BCUT2D eigenvalue weighted by molar-refractivity contribution is 6.30. The smallest absolute Gasteiger partial charge is 0.209 e. The molecule has 1 aliphatic heterocycles. The number of hydrogen-bond donors (Lipinski definition) is 0. The van der Waals surface area contributed by atoms with Crippen LogP contribution in [0.5, 0.6) is 0 Å². The lowest BCUT2D eigenvalue weighted by atomic mass is 9.52. The summed E-state index contributed by atoms with van der Waals surface area (Å²) < 4.78 is 0. The van der Waals surface area contributed by atoms with Crippen molar-refractivity contribution in [2.75, 3.05) is 6.54 Å². The van der Waals surface area contributed by atoms with Gasteiger partial charge in [-0.25, -0.2) is 0 Å². The van der Waals surface area contributed by atoms with E-state index in [1.807, 2.05) is 6.07 Å². The lowest BCUT2D eigenvalue weighted by Gasteiger charge is -2.58. The summed E-state index contributed by atoms with van der Waals surface area (Å²) in [5, 5.41) is 0.860. The van der Waals surface area contributed by atoms with Gasteiger partial charge in [-0.3, -0.25) is 4.79 Å². The van der Waals surface area contributed by atoms with Crippen LogP contribution in [0.4, 0.5) is 0 Å². The molecule has 20 heavy (non-hydrogen) atoms. The number of piperidine rings is 1. The van der Waals surface area contributed by atoms with Gasteiger partial charge in [-0.05, 0) is 54.9 Å². The summed E-state index contributed by atoms with van der Waals surface area (Å²) in [6, 6.07) is 6.81. The second kappa shape index (κ2) is 4.49. The minimum atomic E-state index is 0.293. The predicted molar refractivity (Wildman–Crippen MR) is 80.0 cm³/mol. The number of likely N-dealkylation sites (tertiary alicyclic amines) is 1. The van der Waals surface area contributed by atoms with Crippen molar-refractivity contribution in [2.24, 2.45) is 5.92 Å². The van der Waals surface area contributed by atoms with Crippen molar-refractivity contribution in [1.82, 2.24) is 4.90 Å². The summed E-state index contributed by atoms with van der Waals surface area (Å²) in [5.74, 6) is 0.640. The zero-order valence-electron chi connectivity index (χ0n) is 11.6. The fourth-order valence-corrected chi connectivity index (χ4v) is 5.31. The van der Waals surface area contributed by atoms with E-state index in [4.69, 9.17) is 11.6 Å². The average Bonchev–Trinajstić information content (AvgIpc) is 2.48. The van der Waals surface area contributed by atoms with Crippen molar-refractivity contribution in [2.45, 2.75) is 50.0 Å². The van der Waals surface area contributed by atoms with E-state index in [1.54, 1.807) is 0 Å². The van der Waals surface area contributed by atoms with Gasteiger partial charge in [0.2, 0.25) is 6.41 Å². The van der Waals surface area contributed by atoms with Crippen molar-refractivity contribution in [3.63, 3.8) is 0 Å². The topological polar surface area (TPSA) is 20.3 Å². The summed E-state index contributed by atoms with van der Waals surface area (Å²) >= 11 is 6.27. The number of rotatable bonds is 1. The molecule has 3 aliphatic rings. The van der Waals surface area contributed by atoms with Crippen molar-refractivity contribution in [3.8, 4) is 0 Å². The van der Waals surface area contributed by atoms with Crippen molar-refractivity contribution in [1.29, 1.82) is 0 Å². The normalized spacial score (nSPS) is 35.1. The molecule has 1 aromatic carbocycles. The van der Waals surface area contributed by atoms with Crippen LogP contribution in [0.2, 0.25) is 5.02 Å². The first-order valence-electron chi connectivity index (χ1n) is 7.74. The van der Waals surface area contributed by atoms with Gasteiger partial charge in [0.15, 0.2) is 0 Å². The lowest BCUT2D eigenvalue weighted by Crippen LogP contribution is -2.60. The molecule has 1 saturated heterocycles. The number of fused-ring (bicyclic) bond motifs is 1. The highest BCUT2D eigenvalue weighted by Crippen LogP contribution is 2.55. The number of carbonyl (C=O) groups excluding carboxylic acids is 1. The molecule has 2 nitrogen and oxygen atoms in total. The molecule has 3 heteroatoms. The molecule has 1 heterocycles. The summed E-state index contributed by atoms with van der Waals surface area (Å²) in [5.41, 5.74) is 3.21. The SMILES string of the molecule is O=CN1CC[C@]23CCCC[C@H]2[C@H]1Cc1ccc(Cl)cc13. The Balaban J connectivity index is 1.89. The number of benzene rings is 1. The van der Waals surface area contributed by atoms with Gasteiger partial charge in [0.1, 0.15) is 0 Å². The Hall–Kier alpha value is -1.02. The minimum absolute atomic E-state index is 0.293. The number of carbonyl (C=O) groups is 1. The van der Waals surface area contributed by atoms with Gasteiger partial charge in [0, 0.05) is 23.0 Å². The van der Waals surface area contributed by atoms with Crippen LogP contribution in [0, 0.1) is 5.92 Å². The molecule has 1 aromatic rings. The molecule has 0 radical (unpaired) electrons. The van der Waals surface area contributed by atoms with E-state index < -0.39 is 0 Å².